The third-order valence-electron chi connectivity index (χ3n) is 3.70. The fraction of sp³-hybridized carbons (Fsp3) is 0.938. The van der Waals surface area contributed by atoms with Gasteiger partial charge in [-0.2, -0.15) is 0 Å². The predicted molar refractivity (Wildman–Crippen MR) is 96.2 cm³/mol. The fourth-order valence-electron chi connectivity index (χ4n) is 2.15. The van der Waals surface area contributed by atoms with Gasteiger partial charge in [-0.25, -0.2) is 8.42 Å². The normalized spacial score (nSPS) is 15.4. The minimum absolute atomic E-state index is 0.0863. The standard InChI is InChI=1S/C16H35N3O2S/c1-6-9-10-15(7-2)13-18-16(17-8-3)19-14(4)11-12-22(5,20)21/h14-15H,6-13H2,1-5H3,(H2,17,18,19). The Morgan fingerprint density at radius 3 is 2.36 bits per heavy atom. The molecule has 0 aliphatic heterocycles. The summed E-state index contributed by atoms with van der Waals surface area (Å²) in [7, 11) is -2.91. The smallest absolute Gasteiger partial charge is 0.191 e. The lowest BCUT2D eigenvalue weighted by Gasteiger charge is -2.19. The van der Waals surface area contributed by atoms with E-state index in [-0.39, 0.29) is 11.8 Å². The van der Waals surface area contributed by atoms with Crippen LogP contribution in [0.5, 0.6) is 0 Å². The zero-order valence-corrected chi connectivity index (χ0v) is 15.8. The van der Waals surface area contributed by atoms with Crippen molar-refractivity contribution in [3.05, 3.63) is 0 Å². The molecule has 0 amide bonds. The lowest BCUT2D eigenvalue weighted by molar-refractivity contribution is 0.460. The van der Waals surface area contributed by atoms with Crippen LogP contribution in [-0.4, -0.2) is 45.5 Å². The monoisotopic (exact) mass is 333 g/mol. The largest absolute Gasteiger partial charge is 0.357 e. The van der Waals surface area contributed by atoms with E-state index >= 15 is 0 Å². The van der Waals surface area contributed by atoms with Crippen molar-refractivity contribution in [3.63, 3.8) is 0 Å². The van der Waals surface area contributed by atoms with Gasteiger partial charge in [0.1, 0.15) is 9.84 Å². The van der Waals surface area contributed by atoms with E-state index in [0.29, 0.717) is 12.3 Å². The van der Waals surface area contributed by atoms with Crippen molar-refractivity contribution in [2.75, 3.05) is 25.1 Å². The molecule has 22 heavy (non-hydrogen) atoms. The van der Waals surface area contributed by atoms with E-state index in [2.05, 4.69) is 29.5 Å². The fourth-order valence-corrected chi connectivity index (χ4v) is 2.94. The molecular formula is C16H35N3O2S. The number of unbranched alkanes of at least 4 members (excludes halogenated alkanes) is 1. The Morgan fingerprint density at radius 2 is 1.86 bits per heavy atom. The number of rotatable bonds is 11. The average Bonchev–Trinajstić information content (AvgIpc) is 2.44. The van der Waals surface area contributed by atoms with E-state index in [0.717, 1.165) is 25.5 Å². The molecule has 0 aliphatic rings. The summed E-state index contributed by atoms with van der Waals surface area (Å²) in [4.78, 5) is 4.67. The second kappa shape index (κ2) is 11.7. The Kier molecular flexibility index (Phi) is 11.3. The van der Waals surface area contributed by atoms with Crippen molar-refractivity contribution in [1.82, 2.24) is 10.6 Å². The van der Waals surface area contributed by atoms with Crippen LogP contribution in [0.4, 0.5) is 0 Å². The maximum absolute atomic E-state index is 11.2. The Morgan fingerprint density at radius 1 is 1.18 bits per heavy atom. The van der Waals surface area contributed by atoms with Crippen molar-refractivity contribution in [3.8, 4) is 0 Å². The summed E-state index contributed by atoms with van der Waals surface area (Å²) in [5.41, 5.74) is 0. The highest BCUT2D eigenvalue weighted by Crippen LogP contribution is 2.12. The summed E-state index contributed by atoms with van der Waals surface area (Å²) < 4.78 is 22.5. The zero-order chi connectivity index (χ0) is 17.0. The highest BCUT2D eigenvalue weighted by Gasteiger charge is 2.10. The number of nitrogens with zero attached hydrogens (tertiary/aromatic N) is 1. The van der Waals surface area contributed by atoms with Crippen LogP contribution in [0, 0.1) is 5.92 Å². The number of sulfone groups is 1. The van der Waals surface area contributed by atoms with Crippen LogP contribution in [0.25, 0.3) is 0 Å². The number of guanidine groups is 1. The number of aliphatic imine (C=N–C) groups is 1. The molecule has 0 aromatic heterocycles. The van der Waals surface area contributed by atoms with Gasteiger partial charge in [-0.1, -0.05) is 33.1 Å². The molecule has 0 radical (unpaired) electrons. The van der Waals surface area contributed by atoms with Gasteiger partial charge in [0.2, 0.25) is 0 Å². The highest BCUT2D eigenvalue weighted by molar-refractivity contribution is 7.90. The van der Waals surface area contributed by atoms with Gasteiger partial charge in [-0.15, -0.1) is 0 Å². The number of hydrogen-bond donors (Lipinski definition) is 2. The van der Waals surface area contributed by atoms with E-state index in [1.807, 2.05) is 13.8 Å². The van der Waals surface area contributed by atoms with Gasteiger partial charge < -0.3 is 10.6 Å². The van der Waals surface area contributed by atoms with Crippen molar-refractivity contribution in [2.45, 2.75) is 65.8 Å². The predicted octanol–water partition coefficient (Wildman–Crippen LogP) is 2.58. The number of hydrogen-bond acceptors (Lipinski definition) is 3. The molecule has 0 heterocycles. The Bertz CT molecular complexity index is 408. The Balaban J connectivity index is 4.46. The molecule has 0 fully saturated rings. The van der Waals surface area contributed by atoms with Gasteiger partial charge in [0.25, 0.3) is 0 Å². The van der Waals surface area contributed by atoms with Crippen LogP contribution >= 0.6 is 0 Å². The molecule has 6 heteroatoms. The number of nitrogens with one attached hydrogen (secondary N) is 2. The molecule has 0 rings (SSSR count). The maximum Gasteiger partial charge on any atom is 0.191 e. The molecule has 2 unspecified atom stereocenters. The van der Waals surface area contributed by atoms with E-state index in [9.17, 15) is 8.42 Å². The van der Waals surface area contributed by atoms with Gasteiger partial charge in [0.15, 0.2) is 5.96 Å². The summed E-state index contributed by atoms with van der Waals surface area (Å²) in [6.45, 7) is 10.1. The minimum Gasteiger partial charge on any atom is -0.357 e. The zero-order valence-electron chi connectivity index (χ0n) is 15.0. The molecule has 0 bridgehead atoms. The van der Waals surface area contributed by atoms with Crippen molar-refractivity contribution in [2.24, 2.45) is 10.9 Å². The molecule has 5 nitrogen and oxygen atoms in total. The summed E-state index contributed by atoms with van der Waals surface area (Å²) in [5.74, 6) is 1.62. The van der Waals surface area contributed by atoms with Crippen molar-refractivity contribution >= 4 is 15.8 Å². The quantitative estimate of drug-likeness (QED) is 0.450. The van der Waals surface area contributed by atoms with E-state index in [4.69, 9.17) is 0 Å². The second-order valence-electron chi connectivity index (χ2n) is 6.10. The van der Waals surface area contributed by atoms with Crippen LogP contribution in [-0.2, 0) is 9.84 Å². The first-order valence-electron chi connectivity index (χ1n) is 8.54. The lowest BCUT2D eigenvalue weighted by Crippen LogP contribution is -2.43. The summed E-state index contributed by atoms with van der Waals surface area (Å²) in [6.07, 6.45) is 6.71. The Hall–Kier alpha value is -0.780. The molecule has 2 N–H and O–H groups in total. The molecule has 0 aliphatic carbocycles. The molecule has 0 aromatic carbocycles. The molecule has 0 saturated carbocycles. The molecule has 132 valence electrons. The molecule has 0 saturated heterocycles. The third-order valence-corrected chi connectivity index (χ3v) is 4.68. The highest BCUT2D eigenvalue weighted by atomic mass is 32.2. The van der Waals surface area contributed by atoms with Crippen LogP contribution in [0.3, 0.4) is 0 Å². The summed E-state index contributed by atoms with van der Waals surface area (Å²) in [6, 6.07) is 0.0863. The first-order valence-corrected chi connectivity index (χ1v) is 10.6. The van der Waals surface area contributed by atoms with Crippen LogP contribution in [0.2, 0.25) is 0 Å². The summed E-state index contributed by atoms with van der Waals surface area (Å²) >= 11 is 0. The van der Waals surface area contributed by atoms with E-state index < -0.39 is 9.84 Å². The van der Waals surface area contributed by atoms with Gasteiger partial charge in [-0.05, 0) is 32.6 Å². The average molecular weight is 334 g/mol. The van der Waals surface area contributed by atoms with Gasteiger partial charge in [-0.3, -0.25) is 4.99 Å². The lowest BCUT2D eigenvalue weighted by atomic mass is 10.00. The molecule has 0 spiro atoms. The molecular weight excluding hydrogens is 298 g/mol. The van der Waals surface area contributed by atoms with Gasteiger partial charge in [0.05, 0.1) is 5.75 Å². The minimum atomic E-state index is -2.91. The van der Waals surface area contributed by atoms with Crippen LogP contribution in [0.1, 0.15) is 59.8 Å². The van der Waals surface area contributed by atoms with E-state index in [1.165, 1.54) is 25.5 Å². The summed E-state index contributed by atoms with van der Waals surface area (Å²) in [5, 5.41) is 6.54. The van der Waals surface area contributed by atoms with Gasteiger partial charge >= 0.3 is 0 Å². The van der Waals surface area contributed by atoms with Crippen molar-refractivity contribution < 1.29 is 8.42 Å². The van der Waals surface area contributed by atoms with Gasteiger partial charge in [0, 0.05) is 25.4 Å². The van der Waals surface area contributed by atoms with Crippen LogP contribution in [0.15, 0.2) is 4.99 Å². The second-order valence-corrected chi connectivity index (χ2v) is 8.36. The maximum atomic E-state index is 11.2. The van der Waals surface area contributed by atoms with E-state index in [1.54, 1.807) is 0 Å². The van der Waals surface area contributed by atoms with Crippen molar-refractivity contribution in [1.29, 1.82) is 0 Å². The third kappa shape index (κ3) is 11.8. The SMILES string of the molecule is CCCCC(CC)CN=C(NCC)NC(C)CCS(C)(=O)=O. The first-order chi connectivity index (χ1) is 10.3. The van der Waals surface area contributed by atoms with Crippen LogP contribution < -0.4 is 10.6 Å². The topological polar surface area (TPSA) is 70.6 Å². The molecule has 2 atom stereocenters. The molecule has 0 aromatic rings. The first kappa shape index (κ1) is 21.2. The Labute approximate surface area is 137 Å².